The Labute approximate surface area is 295 Å². The van der Waals surface area contributed by atoms with E-state index in [0.717, 1.165) is 5.56 Å². The predicted octanol–water partition coefficient (Wildman–Crippen LogP) is 3.12. The third-order valence-electron chi connectivity index (χ3n) is 9.74. The second-order valence-electron chi connectivity index (χ2n) is 15.2. The van der Waals surface area contributed by atoms with E-state index < -0.39 is 65.1 Å². The Morgan fingerprint density at radius 2 is 1.68 bits per heavy atom. The Morgan fingerprint density at radius 1 is 1.04 bits per heavy atom. The van der Waals surface area contributed by atoms with Crippen molar-refractivity contribution in [3.8, 4) is 5.75 Å². The van der Waals surface area contributed by atoms with Gasteiger partial charge in [-0.3, -0.25) is 19.2 Å². The number of esters is 1. The fourth-order valence-electron chi connectivity index (χ4n) is 6.63. The summed E-state index contributed by atoms with van der Waals surface area (Å²) in [6.45, 7) is 18.8. The van der Waals surface area contributed by atoms with Crippen LogP contribution in [0.4, 0.5) is 4.79 Å². The van der Waals surface area contributed by atoms with Crippen LogP contribution in [0.1, 0.15) is 73.8 Å². The van der Waals surface area contributed by atoms with Crippen molar-refractivity contribution >= 4 is 35.5 Å². The average molecular weight is 698 g/mol. The lowest BCUT2D eigenvalue weighted by Gasteiger charge is -2.38. The minimum Gasteiger partial charge on any atom is -0.497 e. The number of likely N-dealkylation sites (tertiary alicyclic amines) is 1. The third kappa shape index (κ3) is 9.42. The standard InChI is InChI=1S/C37H55N5O8/c1-11-13-25(29(43)32(45)38-18-12-2)39-31(44)28-26-24(37(26,8)9)19-42(28)33(46)30(36(5,6)7)41-35(48)40-27(21(3)4)34(47)50-20-22-14-16-23(49-10)17-15-22/h12,14-17,21,24-28,30H,2,11,13,18-20H2,1,3-10H3,(H,38,45)(H,39,44)(H2,40,41,48)/t24-,25?,26-,27-,28-,30+/m0/s1. The van der Waals surface area contributed by atoms with Gasteiger partial charge in [-0.2, -0.15) is 0 Å². The highest BCUT2D eigenvalue weighted by Crippen LogP contribution is 2.65. The topological polar surface area (TPSA) is 172 Å². The maximum Gasteiger partial charge on any atom is 0.329 e. The Bertz CT molecular complexity index is 1430. The zero-order chi connectivity index (χ0) is 37.6. The van der Waals surface area contributed by atoms with Gasteiger partial charge in [-0.1, -0.05) is 80.0 Å². The highest BCUT2D eigenvalue weighted by molar-refractivity contribution is 6.38. The van der Waals surface area contributed by atoms with Crippen LogP contribution in [0.25, 0.3) is 0 Å². The smallest absolute Gasteiger partial charge is 0.329 e. The van der Waals surface area contributed by atoms with Gasteiger partial charge in [-0.25, -0.2) is 9.59 Å². The van der Waals surface area contributed by atoms with Crippen LogP contribution in [-0.4, -0.2) is 84.8 Å². The van der Waals surface area contributed by atoms with E-state index in [1.807, 2.05) is 20.8 Å². The number of ether oxygens (including phenoxy) is 2. The van der Waals surface area contributed by atoms with Gasteiger partial charge in [-0.15, -0.1) is 6.58 Å². The lowest BCUT2D eigenvalue weighted by molar-refractivity contribution is -0.148. The molecule has 2 fully saturated rings. The summed E-state index contributed by atoms with van der Waals surface area (Å²) in [6, 6.07) is 2.29. The first-order valence-electron chi connectivity index (χ1n) is 17.3. The molecule has 13 heteroatoms. The van der Waals surface area contributed by atoms with Crippen molar-refractivity contribution in [1.82, 2.24) is 26.2 Å². The number of methoxy groups -OCH3 is 1. The molecule has 0 bridgehead atoms. The monoisotopic (exact) mass is 697 g/mol. The average Bonchev–Trinajstić information content (AvgIpc) is 3.36. The van der Waals surface area contributed by atoms with E-state index in [-0.39, 0.29) is 42.7 Å². The SMILES string of the molecule is C=CCNC(=O)C(=O)C(CCC)NC(=O)[C@@H]1[C@@H]2[C@H](CN1C(=O)[C@@H](NC(=O)N[C@H](C(=O)OCc1ccc(OC)cc1)C(C)C)C(C)(C)C)C2(C)C. The van der Waals surface area contributed by atoms with Gasteiger partial charge in [0.15, 0.2) is 0 Å². The van der Waals surface area contributed by atoms with Crippen LogP contribution < -0.4 is 26.0 Å². The molecule has 1 aliphatic heterocycles. The highest BCUT2D eigenvalue weighted by Gasteiger charge is 2.70. The number of rotatable bonds is 16. The van der Waals surface area contributed by atoms with E-state index in [1.165, 1.54) is 11.0 Å². The van der Waals surface area contributed by atoms with E-state index in [9.17, 15) is 28.8 Å². The molecule has 4 N–H and O–H groups in total. The molecule has 0 spiro atoms. The number of hydrogen-bond donors (Lipinski definition) is 4. The van der Waals surface area contributed by atoms with Crippen LogP contribution in [0.15, 0.2) is 36.9 Å². The first-order chi connectivity index (χ1) is 23.4. The Balaban J connectivity index is 1.76. The molecule has 1 aromatic carbocycles. The zero-order valence-corrected chi connectivity index (χ0v) is 30.9. The van der Waals surface area contributed by atoms with Crippen LogP contribution in [0, 0.1) is 28.6 Å². The lowest BCUT2D eigenvalue weighted by atomic mass is 9.85. The van der Waals surface area contributed by atoms with Crippen molar-refractivity contribution in [3.05, 3.63) is 42.5 Å². The number of nitrogens with one attached hydrogen (secondary N) is 4. The Morgan fingerprint density at radius 3 is 2.22 bits per heavy atom. The van der Waals surface area contributed by atoms with Gasteiger partial charge < -0.3 is 35.6 Å². The summed E-state index contributed by atoms with van der Waals surface area (Å²) in [5.41, 5.74) is -0.260. The predicted molar refractivity (Wildman–Crippen MR) is 188 cm³/mol. The van der Waals surface area contributed by atoms with E-state index in [2.05, 4.69) is 27.8 Å². The molecule has 3 rings (SSSR count). The number of Topliss-reactive ketones (excluding diaryl/α,β-unsaturated/α-hetero) is 1. The minimum atomic E-state index is -1.07. The molecule has 50 heavy (non-hydrogen) atoms. The lowest BCUT2D eigenvalue weighted by Crippen LogP contribution is -2.62. The minimum absolute atomic E-state index is 0.000249. The van der Waals surface area contributed by atoms with E-state index in [4.69, 9.17) is 9.47 Å². The number of fused-ring (bicyclic) bond motifs is 1. The molecule has 1 aromatic rings. The van der Waals surface area contributed by atoms with Crippen molar-refractivity contribution in [2.24, 2.45) is 28.6 Å². The van der Waals surface area contributed by atoms with Crippen molar-refractivity contribution in [3.63, 3.8) is 0 Å². The number of nitrogens with zero attached hydrogens (tertiary/aromatic N) is 1. The molecule has 0 aromatic heterocycles. The van der Waals surface area contributed by atoms with Crippen molar-refractivity contribution in [1.29, 1.82) is 0 Å². The van der Waals surface area contributed by atoms with Crippen LogP contribution in [0.2, 0.25) is 0 Å². The molecular formula is C37H55N5O8. The normalized spacial score (nSPS) is 20.8. The molecule has 2 aliphatic rings. The number of urea groups is 1. The second kappa shape index (κ2) is 16.5. The highest BCUT2D eigenvalue weighted by atomic mass is 16.5. The largest absolute Gasteiger partial charge is 0.497 e. The molecule has 13 nitrogen and oxygen atoms in total. The van der Waals surface area contributed by atoms with Gasteiger partial charge in [0, 0.05) is 13.1 Å². The van der Waals surface area contributed by atoms with Gasteiger partial charge in [0.05, 0.1) is 13.2 Å². The summed E-state index contributed by atoms with van der Waals surface area (Å²) in [4.78, 5) is 81.7. The van der Waals surface area contributed by atoms with Crippen LogP contribution in [0.5, 0.6) is 5.75 Å². The van der Waals surface area contributed by atoms with Gasteiger partial charge in [-0.05, 0) is 52.7 Å². The van der Waals surface area contributed by atoms with E-state index in [0.29, 0.717) is 18.7 Å². The Hall–Kier alpha value is -4.42. The molecule has 1 unspecified atom stereocenters. The molecule has 1 saturated carbocycles. The van der Waals surface area contributed by atoms with Gasteiger partial charge >= 0.3 is 12.0 Å². The maximum atomic E-state index is 14.3. The number of ketones is 1. The van der Waals surface area contributed by atoms with E-state index in [1.54, 1.807) is 66.0 Å². The number of amides is 5. The summed E-state index contributed by atoms with van der Waals surface area (Å²) in [7, 11) is 1.56. The molecule has 276 valence electrons. The molecule has 1 saturated heterocycles. The number of carbonyl (C=O) groups excluding carboxylic acids is 6. The number of carbonyl (C=O) groups is 6. The van der Waals surface area contributed by atoms with Crippen molar-refractivity contribution in [2.75, 3.05) is 20.2 Å². The molecular weight excluding hydrogens is 642 g/mol. The van der Waals surface area contributed by atoms with Gasteiger partial charge in [0.2, 0.25) is 17.6 Å². The summed E-state index contributed by atoms with van der Waals surface area (Å²) >= 11 is 0. The third-order valence-corrected chi connectivity index (χ3v) is 9.74. The summed E-state index contributed by atoms with van der Waals surface area (Å²) in [5, 5.41) is 10.7. The van der Waals surface area contributed by atoms with Gasteiger partial charge in [0.1, 0.15) is 30.5 Å². The summed E-state index contributed by atoms with van der Waals surface area (Å²) in [5.74, 6) is -2.97. The quantitative estimate of drug-likeness (QED) is 0.116. The summed E-state index contributed by atoms with van der Waals surface area (Å²) < 4.78 is 10.7. The molecule has 1 aliphatic carbocycles. The molecule has 5 amide bonds. The fraction of sp³-hybridized carbons (Fsp3) is 0.622. The first-order valence-corrected chi connectivity index (χ1v) is 17.3. The van der Waals surface area contributed by atoms with Crippen LogP contribution >= 0.6 is 0 Å². The zero-order valence-electron chi connectivity index (χ0n) is 30.9. The number of piperidine rings is 1. The van der Waals surface area contributed by atoms with Crippen molar-refractivity contribution < 1.29 is 38.2 Å². The van der Waals surface area contributed by atoms with E-state index >= 15 is 0 Å². The molecule has 6 atom stereocenters. The molecule has 0 radical (unpaired) electrons. The van der Waals surface area contributed by atoms with Crippen LogP contribution in [-0.2, 0) is 35.3 Å². The number of hydrogen-bond acceptors (Lipinski definition) is 8. The maximum absolute atomic E-state index is 14.3. The molecule has 1 heterocycles. The number of benzene rings is 1. The van der Waals surface area contributed by atoms with Gasteiger partial charge in [0.25, 0.3) is 5.91 Å². The Kier molecular flexibility index (Phi) is 13.2. The summed E-state index contributed by atoms with van der Waals surface area (Å²) in [6.07, 6.45) is 2.23. The second-order valence-corrected chi connectivity index (χ2v) is 15.2. The first kappa shape index (κ1) is 40.0. The van der Waals surface area contributed by atoms with Crippen molar-refractivity contribution in [2.45, 2.75) is 99.0 Å². The van der Waals surface area contributed by atoms with Crippen LogP contribution in [0.3, 0.4) is 0 Å². The fourth-order valence-corrected chi connectivity index (χ4v) is 6.63.